The van der Waals surface area contributed by atoms with E-state index >= 15 is 0 Å². The standard InChI is InChI=1S/C11H13N3O6/c1-9(4-15)11(19)6(16)10(11,18)7(20-9)14-3-2-5(12)13-8(14)17/h2-3,7,15,18-19H,4H2,1H3,(H2,12,13,17)/t7-,9-,10+,11-/m1/s1. The molecule has 1 aliphatic carbocycles. The zero-order chi connectivity index (χ0) is 14.9. The van der Waals surface area contributed by atoms with Crippen LogP contribution < -0.4 is 11.4 Å². The van der Waals surface area contributed by atoms with Crippen LogP contribution in [0.1, 0.15) is 13.2 Å². The lowest BCUT2D eigenvalue weighted by molar-refractivity contribution is -0.167. The highest BCUT2D eigenvalue weighted by Crippen LogP contribution is 2.64. The van der Waals surface area contributed by atoms with Gasteiger partial charge in [-0.2, -0.15) is 4.98 Å². The molecule has 0 unspecified atom stereocenters. The van der Waals surface area contributed by atoms with Crippen molar-refractivity contribution in [1.82, 2.24) is 9.55 Å². The molecule has 20 heavy (non-hydrogen) atoms. The van der Waals surface area contributed by atoms with Gasteiger partial charge in [-0.25, -0.2) is 4.79 Å². The molecule has 1 aromatic rings. The molecule has 2 aliphatic rings. The first-order valence-electron chi connectivity index (χ1n) is 5.85. The van der Waals surface area contributed by atoms with E-state index in [0.717, 1.165) is 4.57 Å². The van der Waals surface area contributed by atoms with Gasteiger partial charge in [-0.05, 0) is 13.0 Å². The van der Waals surface area contributed by atoms with Gasteiger partial charge in [0.15, 0.2) is 11.8 Å². The number of Topliss-reactive ketones (excluding diaryl/α,β-unsaturated/α-hetero) is 1. The van der Waals surface area contributed by atoms with Crippen LogP contribution in [0.15, 0.2) is 17.1 Å². The Morgan fingerprint density at radius 3 is 2.65 bits per heavy atom. The smallest absolute Gasteiger partial charge is 0.351 e. The Morgan fingerprint density at radius 1 is 1.50 bits per heavy atom. The van der Waals surface area contributed by atoms with E-state index in [1.54, 1.807) is 0 Å². The van der Waals surface area contributed by atoms with Crippen molar-refractivity contribution in [2.75, 3.05) is 12.3 Å². The van der Waals surface area contributed by atoms with Gasteiger partial charge in [0.2, 0.25) is 11.4 Å². The molecule has 1 saturated heterocycles. The van der Waals surface area contributed by atoms with Gasteiger partial charge < -0.3 is 25.8 Å². The predicted molar refractivity (Wildman–Crippen MR) is 63.4 cm³/mol. The van der Waals surface area contributed by atoms with Gasteiger partial charge in [0, 0.05) is 6.20 Å². The average molecular weight is 283 g/mol. The number of aliphatic hydroxyl groups excluding tert-OH is 1. The average Bonchev–Trinajstić information content (AvgIpc) is 2.76. The third-order valence-electron chi connectivity index (χ3n) is 4.06. The van der Waals surface area contributed by atoms with Crippen molar-refractivity contribution in [3.05, 3.63) is 22.7 Å². The summed E-state index contributed by atoms with van der Waals surface area (Å²) in [6.45, 7) is 0.573. The Bertz CT molecular complexity index is 674. The van der Waals surface area contributed by atoms with Crippen molar-refractivity contribution in [2.45, 2.75) is 30.0 Å². The number of ether oxygens (including phenoxy) is 1. The summed E-state index contributed by atoms with van der Waals surface area (Å²) in [6, 6.07) is 1.29. The molecule has 1 aromatic heterocycles. The van der Waals surface area contributed by atoms with Crippen LogP contribution in [0.4, 0.5) is 5.82 Å². The van der Waals surface area contributed by atoms with Gasteiger partial charge in [-0.1, -0.05) is 0 Å². The van der Waals surface area contributed by atoms with Crippen molar-refractivity contribution < 1.29 is 24.9 Å². The summed E-state index contributed by atoms with van der Waals surface area (Å²) < 4.78 is 6.21. The van der Waals surface area contributed by atoms with E-state index in [2.05, 4.69) is 4.98 Å². The summed E-state index contributed by atoms with van der Waals surface area (Å²) in [4.78, 5) is 27.1. The van der Waals surface area contributed by atoms with Crippen molar-refractivity contribution in [3.63, 3.8) is 0 Å². The van der Waals surface area contributed by atoms with Crippen LogP contribution in [0.5, 0.6) is 0 Å². The van der Waals surface area contributed by atoms with Crippen LogP contribution in [0.25, 0.3) is 0 Å². The number of aromatic nitrogens is 2. The Labute approximate surface area is 112 Å². The van der Waals surface area contributed by atoms with E-state index < -0.39 is 41.1 Å². The summed E-state index contributed by atoms with van der Waals surface area (Å²) in [5, 5.41) is 29.9. The lowest BCUT2D eigenvalue weighted by atomic mass is 9.97. The molecule has 0 amide bonds. The molecular weight excluding hydrogens is 270 g/mol. The topological polar surface area (TPSA) is 148 Å². The monoisotopic (exact) mass is 283 g/mol. The van der Waals surface area contributed by atoms with E-state index in [9.17, 15) is 24.9 Å². The van der Waals surface area contributed by atoms with Crippen LogP contribution in [-0.2, 0) is 9.53 Å². The maximum Gasteiger partial charge on any atom is 0.351 e. The largest absolute Gasteiger partial charge is 0.393 e. The quantitative estimate of drug-likeness (QED) is 0.453. The summed E-state index contributed by atoms with van der Waals surface area (Å²) in [7, 11) is 0. The van der Waals surface area contributed by atoms with E-state index in [1.807, 2.05) is 0 Å². The van der Waals surface area contributed by atoms with Crippen LogP contribution in [0.3, 0.4) is 0 Å². The highest BCUT2D eigenvalue weighted by atomic mass is 16.6. The van der Waals surface area contributed by atoms with E-state index in [0.29, 0.717) is 0 Å². The van der Waals surface area contributed by atoms with Crippen molar-refractivity contribution in [1.29, 1.82) is 0 Å². The van der Waals surface area contributed by atoms with Crippen molar-refractivity contribution >= 4 is 11.6 Å². The number of carbonyl (C=O) groups is 1. The minimum Gasteiger partial charge on any atom is -0.393 e. The van der Waals surface area contributed by atoms with Crippen LogP contribution >= 0.6 is 0 Å². The van der Waals surface area contributed by atoms with E-state index in [4.69, 9.17) is 10.5 Å². The van der Waals surface area contributed by atoms with Crippen LogP contribution in [0, 0.1) is 0 Å². The number of nitrogens with zero attached hydrogens (tertiary/aromatic N) is 2. The molecule has 0 bridgehead atoms. The number of aliphatic hydroxyl groups is 3. The molecule has 0 aromatic carbocycles. The number of carbonyl (C=O) groups excluding carboxylic acids is 1. The number of nitrogens with two attached hydrogens (primary N) is 1. The lowest BCUT2D eigenvalue weighted by Gasteiger charge is -2.28. The molecule has 9 nitrogen and oxygen atoms in total. The number of hydrogen-bond donors (Lipinski definition) is 4. The van der Waals surface area contributed by atoms with Gasteiger partial charge in [-0.15, -0.1) is 0 Å². The molecule has 9 heteroatoms. The summed E-state index contributed by atoms with van der Waals surface area (Å²) in [6.07, 6.45) is -0.277. The molecule has 0 spiro atoms. The number of rotatable bonds is 2. The molecule has 1 saturated carbocycles. The highest BCUT2D eigenvalue weighted by molar-refractivity contribution is 6.16. The van der Waals surface area contributed by atoms with Gasteiger partial charge >= 0.3 is 5.69 Å². The Kier molecular flexibility index (Phi) is 2.27. The molecule has 2 heterocycles. The molecule has 5 N–H and O–H groups in total. The van der Waals surface area contributed by atoms with Crippen LogP contribution in [-0.4, -0.2) is 54.1 Å². The van der Waals surface area contributed by atoms with Crippen LogP contribution in [0.2, 0.25) is 0 Å². The predicted octanol–water partition coefficient (Wildman–Crippen LogP) is -2.85. The fraction of sp³-hybridized carbons (Fsp3) is 0.545. The Morgan fingerprint density at radius 2 is 2.15 bits per heavy atom. The molecule has 0 radical (unpaired) electrons. The van der Waals surface area contributed by atoms with Gasteiger partial charge in [0.25, 0.3) is 0 Å². The maximum atomic E-state index is 11.8. The zero-order valence-corrected chi connectivity index (χ0v) is 10.5. The third-order valence-corrected chi connectivity index (χ3v) is 4.06. The first-order valence-corrected chi connectivity index (χ1v) is 5.85. The Balaban J connectivity index is 2.14. The number of hydrogen-bond acceptors (Lipinski definition) is 8. The first-order chi connectivity index (χ1) is 9.22. The third kappa shape index (κ3) is 1.14. The molecular formula is C11H13N3O6. The second kappa shape index (κ2) is 3.44. The minimum absolute atomic E-state index is 0.0291. The lowest BCUT2D eigenvalue weighted by Crippen LogP contribution is -2.47. The SMILES string of the molecule is C[C@]1(CO)O[C@@H](n2ccc(N)nc2=O)[C@@]2(O)C(=O)[C@@]12O. The van der Waals surface area contributed by atoms with E-state index in [-0.39, 0.29) is 5.82 Å². The zero-order valence-electron chi connectivity index (χ0n) is 10.5. The fourth-order valence-electron chi connectivity index (χ4n) is 2.74. The Hall–Kier alpha value is -1.81. The molecule has 3 rings (SSSR count). The van der Waals surface area contributed by atoms with Gasteiger partial charge in [0.1, 0.15) is 11.4 Å². The van der Waals surface area contributed by atoms with Crippen molar-refractivity contribution in [3.8, 4) is 0 Å². The number of fused-ring (bicyclic) bond motifs is 1. The summed E-state index contributed by atoms with van der Waals surface area (Å²) >= 11 is 0. The molecule has 2 fully saturated rings. The first kappa shape index (κ1) is 13.2. The molecule has 4 atom stereocenters. The number of anilines is 1. The number of ketones is 1. The maximum absolute atomic E-state index is 11.8. The summed E-state index contributed by atoms with van der Waals surface area (Å²) in [5.74, 6) is -0.930. The molecule has 1 aliphatic heterocycles. The minimum atomic E-state index is -2.29. The second-order valence-corrected chi connectivity index (χ2v) is 5.21. The normalized spacial score (nSPS) is 42.6. The molecule has 108 valence electrons. The fourth-order valence-corrected chi connectivity index (χ4v) is 2.74. The number of nitrogen functional groups attached to an aromatic ring is 1. The van der Waals surface area contributed by atoms with Crippen molar-refractivity contribution in [2.24, 2.45) is 0 Å². The summed E-state index contributed by atoms with van der Waals surface area (Å²) in [5.41, 5.74) is -1.73. The van der Waals surface area contributed by atoms with Gasteiger partial charge in [0.05, 0.1) is 6.61 Å². The van der Waals surface area contributed by atoms with E-state index in [1.165, 1.54) is 19.2 Å². The van der Waals surface area contributed by atoms with Gasteiger partial charge in [-0.3, -0.25) is 9.36 Å². The highest BCUT2D eigenvalue weighted by Gasteiger charge is 2.93. The second-order valence-electron chi connectivity index (χ2n) is 5.21.